The summed E-state index contributed by atoms with van der Waals surface area (Å²) >= 11 is 0. The van der Waals surface area contributed by atoms with E-state index in [0.29, 0.717) is 23.6 Å². The third-order valence-corrected chi connectivity index (χ3v) is 2.89. The van der Waals surface area contributed by atoms with Crippen molar-refractivity contribution in [3.05, 3.63) is 23.8 Å². The molecule has 0 unspecified atom stereocenters. The highest BCUT2D eigenvalue weighted by atomic mass is 16.5. The van der Waals surface area contributed by atoms with Crippen LogP contribution < -0.4 is 4.74 Å². The van der Waals surface area contributed by atoms with Gasteiger partial charge >= 0.3 is 5.97 Å². The van der Waals surface area contributed by atoms with Crippen LogP contribution in [0.15, 0.2) is 23.2 Å². The quantitative estimate of drug-likeness (QED) is 0.768. The van der Waals surface area contributed by atoms with Crippen molar-refractivity contribution in [3.63, 3.8) is 0 Å². The van der Waals surface area contributed by atoms with Gasteiger partial charge in [0.1, 0.15) is 18.0 Å². The Morgan fingerprint density at radius 1 is 1.50 bits per heavy atom. The summed E-state index contributed by atoms with van der Waals surface area (Å²) < 4.78 is 10.4. The number of fused-ring (bicyclic) bond motifs is 1. The van der Waals surface area contributed by atoms with E-state index in [1.54, 1.807) is 12.1 Å². The Kier molecular flexibility index (Phi) is 3.97. The van der Waals surface area contributed by atoms with Crippen molar-refractivity contribution < 1.29 is 14.3 Å². The molecule has 0 atom stereocenters. The third kappa shape index (κ3) is 2.53. The number of methoxy groups -OCH3 is 1. The molecule has 1 aliphatic rings. The molecule has 0 aliphatic carbocycles. The fraction of sp³-hybridized carbons (Fsp3) is 0.429. The van der Waals surface area contributed by atoms with Crippen molar-refractivity contribution in [2.75, 3.05) is 13.7 Å². The van der Waals surface area contributed by atoms with Gasteiger partial charge in [-0.15, -0.1) is 0 Å². The molecule has 0 saturated carbocycles. The Morgan fingerprint density at radius 2 is 2.33 bits per heavy atom. The van der Waals surface area contributed by atoms with Gasteiger partial charge in [-0.2, -0.15) is 0 Å². The summed E-state index contributed by atoms with van der Waals surface area (Å²) in [5, 5.41) is 0. The van der Waals surface area contributed by atoms with E-state index in [1.807, 2.05) is 6.07 Å². The van der Waals surface area contributed by atoms with Crippen molar-refractivity contribution in [3.8, 4) is 5.75 Å². The molecular weight excluding hydrogens is 230 g/mol. The third-order valence-electron chi connectivity index (χ3n) is 2.89. The molecular formula is C14H17NO3. The smallest absolute Gasteiger partial charge is 0.340 e. The maximum Gasteiger partial charge on any atom is 0.340 e. The van der Waals surface area contributed by atoms with E-state index in [2.05, 4.69) is 11.9 Å². The highest BCUT2D eigenvalue weighted by Crippen LogP contribution is 2.35. The molecule has 0 amide bonds. The van der Waals surface area contributed by atoms with Crippen LogP contribution in [-0.4, -0.2) is 25.4 Å². The van der Waals surface area contributed by atoms with Gasteiger partial charge in [0, 0.05) is 0 Å². The average Bonchev–Trinajstić information content (AvgIpc) is 2.43. The van der Waals surface area contributed by atoms with E-state index in [-0.39, 0.29) is 5.97 Å². The second-order valence-electron chi connectivity index (χ2n) is 4.21. The first-order valence-corrected chi connectivity index (χ1v) is 6.16. The molecule has 1 heterocycles. The van der Waals surface area contributed by atoms with Gasteiger partial charge in [-0.25, -0.2) is 9.79 Å². The van der Waals surface area contributed by atoms with Crippen LogP contribution in [0, 0.1) is 0 Å². The van der Waals surface area contributed by atoms with Gasteiger partial charge in [0.15, 0.2) is 0 Å². The van der Waals surface area contributed by atoms with Crippen molar-refractivity contribution in [1.82, 2.24) is 0 Å². The van der Waals surface area contributed by atoms with Crippen LogP contribution in [0.4, 0.5) is 5.69 Å². The number of ether oxygens (including phenoxy) is 2. The van der Waals surface area contributed by atoms with Crippen LogP contribution in [0.5, 0.6) is 5.75 Å². The fourth-order valence-corrected chi connectivity index (χ4v) is 1.89. The summed E-state index contributed by atoms with van der Waals surface area (Å²) in [7, 11) is 1.37. The van der Waals surface area contributed by atoms with E-state index < -0.39 is 0 Å². The van der Waals surface area contributed by atoms with Crippen LogP contribution in [0.2, 0.25) is 0 Å². The summed E-state index contributed by atoms with van der Waals surface area (Å²) in [4.78, 5) is 16.2. The number of hydrogen-bond acceptors (Lipinski definition) is 4. The standard InChI is InChI=1S/C14H17NO3/c1-3-4-6-10-9-18-12-8-5-7-11(13(12)15-10)14(16)17-2/h5,7-8H,3-4,6,9H2,1-2H3. The number of nitrogens with zero attached hydrogens (tertiary/aromatic N) is 1. The number of carbonyl (C=O) groups excluding carboxylic acids is 1. The minimum atomic E-state index is -0.379. The summed E-state index contributed by atoms with van der Waals surface area (Å²) in [6.07, 6.45) is 3.11. The molecule has 4 heteroatoms. The Bertz CT molecular complexity index is 480. The highest BCUT2D eigenvalue weighted by molar-refractivity contribution is 6.00. The van der Waals surface area contributed by atoms with E-state index >= 15 is 0 Å². The first kappa shape index (κ1) is 12.6. The Hall–Kier alpha value is -1.84. The zero-order valence-corrected chi connectivity index (χ0v) is 10.7. The molecule has 0 spiro atoms. The molecule has 4 nitrogen and oxygen atoms in total. The number of carbonyl (C=O) groups is 1. The van der Waals surface area contributed by atoms with Gasteiger partial charge in [0.2, 0.25) is 0 Å². The van der Waals surface area contributed by atoms with Crippen molar-refractivity contribution in [2.24, 2.45) is 4.99 Å². The normalized spacial score (nSPS) is 13.3. The Morgan fingerprint density at radius 3 is 3.06 bits per heavy atom. The molecule has 1 aliphatic heterocycles. The molecule has 2 rings (SSSR count). The fourth-order valence-electron chi connectivity index (χ4n) is 1.89. The largest absolute Gasteiger partial charge is 0.485 e. The number of hydrogen-bond donors (Lipinski definition) is 0. The Balaban J connectivity index is 2.34. The predicted octanol–water partition coefficient (Wildman–Crippen LogP) is 3.13. The number of aliphatic imine (C=N–C) groups is 1. The van der Waals surface area contributed by atoms with E-state index in [0.717, 1.165) is 25.0 Å². The number of rotatable bonds is 4. The molecule has 0 radical (unpaired) electrons. The average molecular weight is 247 g/mol. The highest BCUT2D eigenvalue weighted by Gasteiger charge is 2.20. The van der Waals surface area contributed by atoms with Crippen LogP contribution in [-0.2, 0) is 4.74 Å². The van der Waals surface area contributed by atoms with E-state index in [4.69, 9.17) is 9.47 Å². The first-order chi connectivity index (χ1) is 8.76. The van der Waals surface area contributed by atoms with Crippen molar-refractivity contribution in [2.45, 2.75) is 26.2 Å². The zero-order chi connectivity index (χ0) is 13.0. The maximum absolute atomic E-state index is 11.7. The van der Waals surface area contributed by atoms with Gasteiger partial charge in [0.05, 0.1) is 18.4 Å². The summed E-state index contributed by atoms with van der Waals surface area (Å²) in [5.74, 6) is 0.272. The molecule has 96 valence electrons. The lowest BCUT2D eigenvalue weighted by Gasteiger charge is -2.18. The molecule has 0 bridgehead atoms. The Labute approximate surface area is 107 Å². The van der Waals surface area contributed by atoms with Crippen LogP contribution >= 0.6 is 0 Å². The second kappa shape index (κ2) is 5.67. The van der Waals surface area contributed by atoms with Gasteiger partial charge in [-0.1, -0.05) is 19.4 Å². The molecule has 0 saturated heterocycles. The maximum atomic E-state index is 11.7. The predicted molar refractivity (Wildman–Crippen MR) is 69.9 cm³/mol. The van der Waals surface area contributed by atoms with Crippen LogP contribution in [0.1, 0.15) is 36.5 Å². The minimum absolute atomic E-state index is 0.379. The monoisotopic (exact) mass is 247 g/mol. The zero-order valence-electron chi connectivity index (χ0n) is 10.7. The number of benzene rings is 1. The van der Waals surface area contributed by atoms with Gasteiger partial charge in [0.25, 0.3) is 0 Å². The molecule has 18 heavy (non-hydrogen) atoms. The minimum Gasteiger partial charge on any atom is -0.485 e. The van der Waals surface area contributed by atoms with Crippen LogP contribution in [0.25, 0.3) is 0 Å². The summed E-state index contributed by atoms with van der Waals surface area (Å²) in [6, 6.07) is 5.31. The van der Waals surface area contributed by atoms with Crippen molar-refractivity contribution in [1.29, 1.82) is 0 Å². The van der Waals surface area contributed by atoms with Gasteiger partial charge in [-0.05, 0) is 25.0 Å². The number of para-hydroxylation sites is 1. The molecule has 0 N–H and O–H groups in total. The molecule has 0 aromatic heterocycles. The molecule has 1 aromatic carbocycles. The number of esters is 1. The SMILES string of the molecule is CCCCC1=Nc2c(cccc2C(=O)OC)OC1. The van der Waals surface area contributed by atoms with Crippen LogP contribution in [0.3, 0.4) is 0 Å². The summed E-state index contributed by atoms with van der Waals surface area (Å²) in [5.41, 5.74) is 2.05. The van der Waals surface area contributed by atoms with Crippen molar-refractivity contribution >= 4 is 17.4 Å². The number of unbranched alkanes of at least 4 members (excludes halogenated alkanes) is 1. The lowest BCUT2D eigenvalue weighted by Crippen LogP contribution is -2.16. The lowest BCUT2D eigenvalue weighted by molar-refractivity contribution is 0.0601. The first-order valence-electron chi connectivity index (χ1n) is 6.16. The lowest BCUT2D eigenvalue weighted by atomic mass is 10.1. The molecule has 0 fully saturated rings. The second-order valence-corrected chi connectivity index (χ2v) is 4.21. The summed E-state index contributed by atoms with van der Waals surface area (Å²) in [6.45, 7) is 2.65. The molecule has 1 aromatic rings. The van der Waals surface area contributed by atoms with E-state index in [9.17, 15) is 4.79 Å². The van der Waals surface area contributed by atoms with Gasteiger partial charge in [-0.3, -0.25) is 0 Å². The topological polar surface area (TPSA) is 47.9 Å². The van der Waals surface area contributed by atoms with Gasteiger partial charge < -0.3 is 9.47 Å². The van der Waals surface area contributed by atoms with E-state index in [1.165, 1.54) is 7.11 Å².